The maximum Gasteiger partial charge on any atom is 0.236 e. The second-order valence-corrected chi connectivity index (χ2v) is 3.89. The lowest BCUT2D eigenvalue weighted by atomic mass is 10.2. The van der Waals surface area contributed by atoms with Crippen LogP contribution in [-0.4, -0.2) is 36.5 Å². The van der Waals surface area contributed by atoms with Gasteiger partial charge in [-0.2, -0.15) is 10.5 Å². The van der Waals surface area contributed by atoms with Crippen LogP contribution in [0.2, 0.25) is 0 Å². The number of nitrogens with one attached hydrogen (secondary N) is 1. The Kier molecular flexibility index (Phi) is 8.72. The smallest absolute Gasteiger partial charge is 0.236 e. The van der Waals surface area contributed by atoms with Crippen LogP contribution in [0.3, 0.4) is 0 Å². The fourth-order valence-corrected chi connectivity index (χ4v) is 1.25. The fourth-order valence-electron chi connectivity index (χ4n) is 1.25. The Labute approximate surface area is 103 Å². The quantitative estimate of drug-likeness (QED) is 0.682. The Morgan fingerprint density at radius 2 is 1.82 bits per heavy atom. The van der Waals surface area contributed by atoms with Crippen molar-refractivity contribution in [3.63, 3.8) is 0 Å². The molecule has 0 aromatic heterocycles. The van der Waals surface area contributed by atoms with E-state index in [1.54, 1.807) is 4.90 Å². The number of hydrogen-bond acceptors (Lipinski definition) is 4. The van der Waals surface area contributed by atoms with Crippen LogP contribution in [0.15, 0.2) is 0 Å². The normalized spacial score (nSPS) is 11.3. The topological polar surface area (TPSA) is 79.9 Å². The molecular formula is C12H20N4O. The largest absolute Gasteiger partial charge is 0.340 e. The number of nitriles is 2. The zero-order valence-electron chi connectivity index (χ0n) is 10.6. The molecule has 0 aliphatic carbocycles. The molecule has 17 heavy (non-hydrogen) atoms. The summed E-state index contributed by atoms with van der Waals surface area (Å²) in [7, 11) is 0. The second kappa shape index (κ2) is 9.62. The highest BCUT2D eigenvalue weighted by molar-refractivity contribution is 5.78. The van der Waals surface area contributed by atoms with E-state index in [9.17, 15) is 4.79 Å². The van der Waals surface area contributed by atoms with Crippen molar-refractivity contribution in [2.24, 2.45) is 0 Å². The summed E-state index contributed by atoms with van der Waals surface area (Å²) in [5.41, 5.74) is 0. The van der Waals surface area contributed by atoms with E-state index in [1.165, 1.54) is 0 Å². The molecule has 0 aliphatic rings. The van der Waals surface area contributed by atoms with Gasteiger partial charge in [-0.3, -0.25) is 4.79 Å². The van der Waals surface area contributed by atoms with Gasteiger partial charge in [0.2, 0.25) is 5.91 Å². The van der Waals surface area contributed by atoms with Crippen molar-refractivity contribution in [3.05, 3.63) is 0 Å². The lowest BCUT2D eigenvalue weighted by Gasteiger charge is -2.21. The number of rotatable bonds is 8. The average Bonchev–Trinajstić information content (AvgIpc) is 2.35. The Morgan fingerprint density at radius 1 is 1.29 bits per heavy atom. The molecule has 1 atom stereocenters. The molecule has 0 saturated carbocycles. The van der Waals surface area contributed by atoms with E-state index in [2.05, 4.69) is 5.32 Å². The summed E-state index contributed by atoms with van der Waals surface area (Å²) in [6.45, 7) is 5.14. The molecule has 0 fully saturated rings. The third-order valence-electron chi connectivity index (χ3n) is 2.55. The van der Waals surface area contributed by atoms with Gasteiger partial charge in [-0.25, -0.2) is 0 Å². The van der Waals surface area contributed by atoms with E-state index in [0.717, 1.165) is 6.42 Å². The van der Waals surface area contributed by atoms with Gasteiger partial charge in [-0.1, -0.05) is 6.92 Å². The molecule has 1 N–H and O–H groups in total. The van der Waals surface area contributed by atoms with Crippen LogP contribution in [0.25, 0.3) is 0 Å². The summed E-state index contributed by atoms with van der Waals surface area (Å²) >= 11 is 0. The highest BCUT2D eigenvalue weighted by Crippen LogP contribution is 1.96. The molecule has 0 aliphatic heterocycles. The lowest BCUT2D eigenvalue weighted by molar-refractivity contribution is -0.130. The zero-order chi connectivity index (χ0) is 13.1. The van der Waals surface area contributed by atoms with Crippen LogP contribution in [0.5, 0.6) is 0 Å². The first-order chi connectivity index (χ1) is 8.15. The molecule has 5 heteroatoms. The summed E-state index contributed by atoms with van der Waals surface area (Å²) in [5, 5.41) is 20.1. The maximum atomic E-state index is 11.8. The summed E-state index contributed by atoms with van der Waals surface area (Å²) < 4.78 is 0. The molecule has 0 aromatic rings. The van der Waals surface area contributed by atoms with Crippen molar-refractivity contribution in [1.29, 1.82) is 10.5 Å². The standard InChI is InChI=1S/C12H20N4O/c1-3-11(2)15-10-12(17)16(8-4-6-13)9-5-7-14/h11,15H,3-5,8-10H2,1-2H3. The van der Waals surface area contributed by atoms with Gasteiger partial charge in [0, 0.05) is 19.1 Å². The van der Waals surface area contributed by atoms with Crippen LogP contribution >= 0.6 is 0 Å². The molecule has 0 heterocycles. The highest BCUT2D eigenvalue weighted by Gasteiger charge is 2.13. The number of amides is 1. The third-order valence-corrected chi connectivity index (χ3v) is 2.55. The lowest BCUT2D eigenvalue weighted by Crippen LogP contribution is -2.41. The van der Waals surface area contributed by atoms with Gasteiger partial charge in [0.05, 0.1) is 31.5 Å². The first-order valence-corrected chi connectivity index (χ1v) is 5.90. The number of hydrogen-bond donors (Lipinski definition) is 1. The molecular weight excluding hydrogens is 216 g/mol. The molecule has 0 saturated heterocycles. The minimum absolute atomic E-state index is 0.0456. The van der Waals surface area contributed by atoms with E-state index in [4.69, 9.17) is 10.5 Å². The summed E-state index contributed by atoms with van der Waals surface area (Å²) in [6, 6.07) is 4.32. The third kappa shape index (κ3) is 7.32. The number of nitrogens with zero attached hydrogens (tertiary/aromatic N) is 3. The van der Waals surface area contributed by atoms with Gasteiger partial charge in [0.1, 0.15) is 0 Å². The monoisotopic (exact) mass is 236 g/mol. The van der Waals surface area contributed by atoms with Gasteiger partial charge in [-0.05, 0) is 13.3 Å². The Morgan fingerprint density at radius 3 is 2.24 bits per heavy atom. The molecule has 1 amide bonds. The molecule has 5 nitrogen and oxygen atoms in total. The molecule has 0 spiro atoms. The SMILES string of the molecule is CCC(C)NCC(=O)N(CCC#N)CCC#N. The molecule has 0 aromatic carbocycles. The van der Waals surface area contributed by atoms with E-state index < -0.39 is 0 Å². The van der Waals surface area contributed by atoms with E-state index in [1.807, 2.05) is 26.0 Å². The van der Waals surface area contributed by atoms with Crippen molar-refractivity contribution in [2.75, 3.05) is 19.6 Å². The molecule has 0 bridgehead atoms. The first-order valence-electron chi connectivity index (χ1n) is 5.90. The van der Waals surface area contributed by atoms with Gasteiger partial charge < -0.3 is 10.2 Å². The number of carbonyl (C=O) groups excluding carboxylic acids is 1. The highest BCUT2D eigenvalue weighted by atomic mass is 16.2. The fraction of sp³-hybridized carbons (Fsp3) is 0.750. The summed E-state index contributed by atoms with van der Waals surface area (Å²) in [6.07, 6.45) is 1.57. The van der Waals surface area contributed by atoms with Gasteiger partial charge >= 0.3 is 0 Å². The van der Waals surface area contributed by atoms with Crippen LogP contribution in [0.1, 0.15) is 33.1 Å². The molecule has 0 radical (unpaired) electrons. The Balaban J connectivity index is 4.13. The molecule has 0 rings (SSSR count). The molecule has 94 valence electrons. The van der Waals surface area contributed by atoms with Crippen molar-refractivity contribution in [1.82, 2.24) is 10.2 Å². The van der Waals surface area contributed by atoms with Crippen molar-refractivity contribution < 1.29 is 4.79 Å². The van der Waals surface area contributed by atoms with E-state index in [0.29, 0.717) is 32.0 Å². The van der Waals surface area contributed by atoms with E-state index in [-0.39, 0.29) is 12.5 Å². The molecule has 1 unspecified atom stereocenters. The van der Waals surface area contributed by atoms with Gasteiger partial charge in [0.25, 0.3) is 0 Å². The van der Waals surface area contributed by atoms with Gasteiger partial charge in [-0.15, -0.1) is 0 Å². The maximum absolute atomic E-state index is 11.8. The second-order valence-electron chi connectivity index (χ2n) is 3.89. The minimum Gasteiger partial charge on any atom is -0.340 e. The van der Waals surface area contributed by atoms with E-state index >= 15 is 0 Å². The van der Waals surface area contributed by atoms with Gasteiger partial charge in [0.15, 0.2) is 0 Å². The predicted octanol–water partition coefficient (Wildman–Crippen LogP) is 1.03. The Bertz CT molecular complexity index is 285. The zero-order valence-corrected chi connectivity index (χ0v) is 10.6. The van der Waals surface area contributed by atoms with Crippen molar-refractivity contribution in [2.45, 2.75) is 39.2 Å². The summed E-state index contributed by atoms with van der Waals surface area (Å²) in [4.78, 5) is 13.4. The van der Waals surface area contributed by atoms with Crippen LogP contribution in [-0.2, 0) is 4.79 Å². The first kappa shape index (κ1) is 15.4. The number of carbonyl (C=O) groups is 1. The van der Waals surface area contributed by atoms with Crippen molar-refractivity contribution in [3.8, 4) is 12.1 Å². The van der Waals surface area contributed by atoms with Crippen LogP contribution < -0.4 is 5.32 Å². The van der Waals surface area contributed by atoms with Crippen LogP contribution in [0.4, 0.5) is 0 Å². The van der Waals surface area contributed by atoms with Crippen molar-refractivity contribution >= 4 is 5.91 Å². The van der Waals surface area contributed by atoms with Crippen LogP contribution in [0, 0.1) is 22.7 Å². The summed E-state index contributed by atoms with van der Waals surface area (Å²) in [5.74, 6) is -0.0456. The average molecular weight is 236 g/mol. The minimum atomic E-state index is -0.0456. The Hall–Kier alpha value is -1.59. The predicted molar refractivity (Wildman–Crippen MR) is 64.8 cm³/mol.